The van der Waals surface area contributed by atoms with Gasteiger partial charge in [0.15, 0.2) is 0 Å². The van der Waals surface area contributed by atoms with Gasteiger partial charge in [-0.1, -0.05) is 6.92 Å². The molecule has 0 spiro atoms. The maximum Gasteiger partial charge on any atom is 0.0587 e. The van der Waals surface area contributed by atoms with Gasteiger partial charge in [-0.3, -0.25) is 0 Å². The largest absolute Gasteiger partial charge is 0.383 e. The molecule has 0 bridgehead atoms. The van der Waals surface area contributed by atoms with Crippen molar-refractivity contribution in [3.63, 3.8) is 0 Å². The van der Waals surface area contributed by atoms with Gasteiger partial charge in [0.2, 0.25) is 0 Å². The van der Waals surface area contributed by atoms with E-state index in [1.165, 1.54) is 38.8 Å². The molecule has 1 N–H and O–H groups in total. The minimum absolute atomic E-state index is 0.783. The second-order valence-corrected chi connectivity index (χ2v) is 5.35. The van der Waals surface area contributed by atoms with Gasteiger partial charge in [0.05, 0.1) is 6.61 Å². The zero-order valence-corrected chi connectivity index (χ0v) is 11.9. The highest BCUT2D eigenvalue weighted by molar-refractivity contribution is 4.78. The van der Waals surface area contributed by atoms with Crippen LogP contribution in [0.25, 0.3) is 0 Å². The number of piperidine rings is 1. The molecule has 1 saturated heterocycles. The summed E-state index contributed by atoms with van der Waals surface area (Å²) in [6.45, 7) is 10.3. The van der Waals surface area contributed by atoms with E-state index in [1.807, 2.05) is 0 Å². The first-order valence-electron chi connectivity index (χ1n) is 7.19. The van der Waals surface area contributed by atoms with Crippen LogP contribution < -0.4 is 5.32 Å². The summed E-state index contributed by atoms with van der Waals surface area (Å²) in [5.41, 5.74) is 0. The second-order valence-electron chi connectivity index (χ2n) is 5.35. The summed E-state index contributed by atoms with van der Waals surface area (Å²) in [5.74, 6) is 0.878. The summed E-state index contributed by atoms with van der Waals surface area (Å²) < 4.78 is 5.00. The molecule has 0 radical (unpaired) electrons. The average molecular weight is 242 g/mol. The van der Waals surface area contributed by atoms with Crippen molar-refractivity contribution in [2.24, 2.45) is 5.92 Å². The molecule has 1 aliphatic rings. The molecule has 2 unspecified atom stereocenters. The van der Waals surface area contributed by atoms with Crippen LogP contribution in [0.4, 0.5) is 0 Å². The lowest BCUT2D eigenvalue weighted by Gasteiger charge is -2.37. The highest BCUT2D eigenvalue weighted by Gasteiger charge is 2.23. The van der Waals surface area contributed by atoms with Crippen molar-refractivity contribution in [1.29, 1.82) is 0 Å². The molecule has 0 aromatic carbocycles. The van der Waals surface area contributed by atoms with Gasteiger partial charge in [-0.2, -0.15) is 0 Å². The summed E-state index contributed by atoms with van der Waals surface area (Å²) in [6.07, 6.45) is 5.40. The first kappa shape index (κ1) is 14.9. The smallest absolute Gasteiger partial charge is 0.0587 e. The third-order valence-corrected chi connectivity index (χ3v) is 4.04. The minimum atomic E-state index is 0.783. The Labute approximate surface area is 107 Å². The van der Waals surface area contributed by atoms with Gasteiger partial charge in [0, 0.05) is 19.7 Å². The van der Waals surface area contributed by atoms with Crippen molar-refractivity contribution in [3.8, 4) is 0 Å². The molecule has 2 atom stereocenters. The highest BCUT2D eigenvalue weighted by atomic mass is 16.5. The Hall–Kier alpha value is -0.120. The monoisotopic (exact) mass is 242 g/mol. The molecule has 0 aliphatic carbocycles. The standard InChI is InChI=1S/C14H30N2O/c1-13-7-6-11-16(14(13)2)10-5-4-8-15-9-12-17-3/h13-15H,4-12H2,1-3H3. The van der Waals surface area contributed by atoms with Crippen LogP contribution in [0.5, 0.6) is 0 Å². The van der Waals surface area contributed by atoms with Crippen molar-refractivity contribution in [3.05, 3.63) is 0 Å². The van der Waals surface area contributed by atoms with E-state index in [0.717, 1.165) is 31.7 Å². The lowest BCUT2D eigenvalue weighted by molar-refractivity contribution is 0.112. The van der Waals surface area contributed by atoms with Crippen molar-refractivity contribution < 1.29 is 4.74 Å². The predicted octanol–water partition coefficient (Wildman–Crippen LogP) is 2.12. The van der Waals surface area contributed by atoms with Gasteiger partial charge < -0.3 is 15.0 Å². The van der Waals surface area contributed by atoms with Crippen molar-refractivity contribution in [1.82, 2.24) is 10.2 Å². The van der Waals surface area contributed by atoms with Crippen LogP contribution in [0.15, 0.2) is 0 Å². The van der Waals surface area contributed by atoms with Crippen LogP contribution in [0.2, 0.25) is 0 Å². The van der Waals surface area contributed by atoms with E-state index in [-0.39, 0.29) is 0 Å². The van der Waals surface area contributed by atoms with Crippen molar-refractivity contribution in [2.75, 3.05) is 39.9 Å². The van der Waals surface area contributed by atoms with E-state index in [9.17, 15) is 0 Å². The first-order chi connectivity index (χ1) is 8.25. The van der Waals surface area contributed by atoms with Crippen LogP contribution in [0, 0.1) is 5.92 Å². The Morgan fingerprint density at radius 1 is 1.24 bits per heavy atom. The molecule has 0 amide bonds. The highest BCUT2D eigenvalue weighted by Crippen LogP contribution is 2.22. The van der Waals surface area contributed by atoms with Gasteiger partial charge >= 0.3 is 0 Å². The number of hydrogen-bond donors (Lipinski definition) is 1. The van der Waals surface area contributed by atoms with Crippen LogP contribution in [-0.2, 0) is 4.74 Å². The van der Waals surface area contributed by atoms with Gasteiger partial charge in [-0.25, -0.2) is 0 Å². The van der Waals surface area contributed by atoms with Crippen LogP contribution in [0.3, 0.4) is 0 Å². The number of methoxy groups -OCH3 is 1. The van der Waals surface area contributed by atoms with Crippen LogP contribution in [-0.4, -0.2) is 50.8 Å². The number of hydrogen-bond acceptors (Lipinski definition) is 3. The van der Waals surface area contributed by atoms with E-state index in [4.69, 9.17) is 4.74 Å². The summed E-state index contributed by atoms with van der Waals surface area (Å²) in [4.78, 5) is 2.67. The Morgan fingerprint density at radius 3 is 2.82 bits per heavy atom. The lowest BCUT2D eigenvalue weighted by atomic mass is 9.92. The molecular formula is C14H30N2O. The first-order valence-corrected chi connectivity index (χ1v) is 7.19. The summed E-state index contributed by atoms with van der Waals surface area (Å²) in [7, 11) is 1.75. The zero-order chi connectivity index (χ0) is 12.5. The van der Waals surface area contributed by atoms with E-state index in [0.29, 0.717) is 0 Å². The third-order valence-electron chi connectivity index (χ3n) is 4.04. The van der Waals surface area contributed by atoms with Gasteiger partial charge in [0.25, 0.3) is 0 Å². The zero-order valence-electron chi connectivity index (χ0n) is 11.9. The van der Waals surface area contributed by atoms with Crippen molar-refractivity contribution in [2.45, 2.75) is 45.6 Å². The lowest BCUT2D eigenvalue weighted by Crippen LogP contribution is -2.42. The maximum absolute atomic E-state index is 5.00. The Balaban J connectivity index is 1.98. The molecule has 0 aromatic rings. The average Bonchev–Trinajstić information content (AvgIpc) is 2.33. The van der Waals surface area contributed by atoms with E-state index in [1.54, 1.807) is 7.11 Å². The molecule has 3 nitrogen and oxygen atoms in total. The molecule has 0 aromatic heterocycles. The minimum Gasteiger partial charge on any atom is -0.383 e. The van der Waals surface area contributed by atoms with Gasteiger partial charge in [-0.15, -0.1) is 0 Å². The summed E-state index contributed by atoms with van der Waals surface area (Å²) in [5, 5.41) is 3.40. The fourth-order valence-electron chi connectivity index (χ4n) is 2.60. The molecule has 1 rings (SSSR count). The quantitative estimate of drug-likeness (QED) is 0.660. The van der Waals surface area contributed by atoms with E-state index >= 15 is 0 Å². The molecule has 17 heavy (non-hydrogen) atoms. The maximum atomic E-state index is 5.00. The van der Waals surface area contributed by atoms with E-state index in [2.05, 4.69) is 24.1 Å². The number of nitrogens with zero attached hydrogens (tertiary/aromatic N) is 1. The van der Waals surface area contributed by atoms with Gasteiger partial charge in [0.1, 0.15) is 0 Å². The van der Waals surface area contributed by atoms with E-state index < -0.39 is 0 Å². The number of rotatable bonds is 8. The summed E-state index contributed by atoms with van der Waals surface area (Å²) in [6, 6.07) is 0.783. The molecule has 0 saturated carbocycles. The van der Waals surface area contributed by atoms with Crippen LogP contribution in [0.1, 0.15) is 39.5 Å². The number of likely N-dealkylation sites (tertiary alicyclic amines) is 1. The topological polar surface area (TPSA) is 24.5 Å². The second kappa shape index (κ2) is 8.90. The number of unbranched alkanes of at least 4 members (excludes halogenated alkanes) is 1. The Kier molecular flexibility index (Phi) is 7.82. The summed E-state index contributed by atoms with van der Waals surface area (Å²) >= 11 is 0. The fraction of sp³-hybridized carbons (Fsp3) is 1.00. The molecule has 1 aliphatic heterocycles. The molecule has 1 fully saturated rings. The van der Waals surface area contributed by atoms with Gasteiger partial charge in [-0.05, 0) is 58.2 Å². The third kappa shape index (κ3) is 5.84. The van der Waals surface area contributed by atoms with Crippen LogP contribution >= 0.6 is 0 Å². The number of ether oxygens (including phenoxy) is 1. The molecular weight excluding hydrogens is 212 g/mol. The predicted molar refractivity (Wildman–Crippen MR) is 73.4 cm³/mol. The fourth-order valence-corrected chi connectivity index (χ4v) is 2.60. The normalized spacial score (nSPS) is 26.3. The number of nitrogens with one attached hydrogen (secondary N) is 1. The molecule has 102 valence electrons. The molecule has 1 heterocycles. The Bertz CT molecular complexity index is 187. The molecule has 3 heteroatoms. The SMILES string of the molecule is COCCNCCCCN1CCCC(C)C1C. The Morgan fingerprint density at radius 2 is 2.06 bits per heavy atom. The van der Waals surface area contributed by atoms with Crippen molar-refractivity contribution >= 4 is 0 Å².